The van der Waals surface area contributed by atoms with E-state index in [0.29, 0.717) is 0 Å². The van der Waals surface area contributed by atoms with Crippen LogP contribution in [0.1, 0.15) is 51.9 Å². The van der Waals surface area contributed by atoms with Crippen molar-refractivity contribution in [1.82, 2.24) is 5.32 Å². The minimum atomic E-state index is 0.993. The molecule has 0 saturated heterocycles. The fraction of sp³-hybridized carbons (Fsp3) is 1.00. The zero-order chi connectivity index (χ0) is 10.1. The van der Waals surface area contributed by atoms with E-state index in [2.05, 4.69) is 24.0 Å². The van der Waals surface area contributed by atoms with Gasteiger partial charge in [-0.2, -0.15) is 11.8 Å². The van der Waals surface area contributed by atoms with Crippen molar-refractivity contribution < 1.29 is 0 Å². The molecule has 1 fully saturated rings. The molecule has 0 radical (unpaired) electrons. The maximum Gasteiger partial charge on any atom is 0.00608 e. The van der Waals surface area contributed by atoms with E-state index in [9.17, 15) is 0 Å². The van der Waals surface area contributed by atoms with Crippen molar-refractivity contribution in [3.8, 4) is 0 Å². The van der Waals surface area contributed by atoms with Crippen LogP contribution in [0, 0.1) is 0 Å². The van der Waals surface area contributed by atoms with Crippen molar-refractivity contribution in [3.05, 3.63) is 0 Å². The SMILES string of the molecule is CCCCCNCCSC1CCCC1. The van der Waals surface area contributed by atoms with E-state index < -0.39 is 0 Å². The molecule has 0 aromatic carbocycles. The first-order valence-electron chi connectivity index (χ1n) is 6.26. The van der Waals surface area contributed by atoms with Gasteiger partial charge < -0.3 is 5.32 Å². The van der Waals surface area contributed by atoms with Gasteiger partial charge in [0.2, 0.25) is 0 Å². The molecule has 0 spiro atoms. The lowest BCUT2D eigenvalue weighted by Crippen LogP contribution is -2.19. The highest BCUT2D eigenvalue weighted by Crippen LogP contribution is 2.28. The van der Waals surface area contributed by atoms with Gasteiger partial charge in [0.15, 0.2) is 0 Å². The van der Waals surface area contributed by atoms with Crippen molar-refractivity contribution in [2.24, 2.45) is 0 Å². The number of unbranched alkanes of at least 4 members (excludes halogenated alkanes) is 2. The van der Waals surface area contributed by atoms with Gasteiger partial charge in [0.25, 0.3) is 0 Å². The Hall–Kier alpha value is 0.310. The standard InChI is InChI=1S/C12H25NS/c1-2-3-6-9-13-10-11-14-12-7-4-5-8-12/h12-13H,2-11H2,1H3. The van der Waals surface area contributed by atoms with Gasteiger partial charge in [-0.05, 0) is 25.8 Å². The molecule has 0 amide bonds. The lowest BCUT2D eigenvalue weighted by atomic mass is 10.2. The summed E-state index contributed by atoms with van der Waals surface area (Å²) in [5.41, 5.74) is 0. The summed E-state index contributed by atoms with van der Waals surface area (Å²) < 4.78 is 0. The Kier molecular flexibility index (Phi) is 7.61. The second kappa shape index (κ2) is 8.60. The Bertz CT molecular complexity index is 121. The normalized spacial score (nSPS) is 17.8. The molecular weight excluding hydrogens is 190 g/mol. The topological polar surface area (TPSA) is 12.0 Å². The third-order valence-electron chi connectivity index (χ3n) is 2.89. The van der Waals surface area contributed by atoms with E-state index in [0.717, 1.165) is 5.25 Å². The first kappa shape index (κ1) is 12.4. The highest BCUT2D eigenvalue weighted by Gasteiger charge is 2.14. The predicted molar refractivity (Wildman–Crippen MR) is 67.1 cm³/mol. The molecule has 2 heteroatoms. The highest BCUT2D eigenvalue weighted by atomic mass is 32.2. The van der Waals surface area contributed by atoms with Crippen LogP contribution in [0.5, 0.6) is 0 Å². The summed E-state index contributed by atoms with van der Waals surface area (Å²) in [5, 5.41) is 4.52. The summed E-state index contributed by atoms with van der Waals surface area (Å²) in [7, 11) is 0. The van der Waals surface area contributed by atoms with E-state index in [1.54, 1.807) is 0 Å². The van der Waals surface area contributed by atoms with Gasteiger partial charge in [0, 0.05) is 17.5 Å². The number of hydrogen-bond acceptors (Lipinski definition) is 2. The fourth-order valence-corrected chi connectivity index (χ4v) is 3.24. The Morgan fingerprint density at radius 2 is 1.93 bits per heavy atom. The summed E-state index contributed by atoms with van der Waals surface area (Å²) in [5.74, 6) is 1.32. The summed E-state index contributed by atoms with van der Waals surface area (Å²) >= 11 is 2.19. The Morgan fingerprint density at radius 1 is 1.14 bits per heavy atom. The van der Waals surface area contributed by atoms with Crippen LogP contribution < -0.4 is 5.32 Å². The second-order valence-electron chi connectivity index (χ2n) is 4.23. The van der Waals surface area contributed by atoms with Crippen molar-refractivity contribution in [2.75, 3.05) is 18.8 Å². The van der Waals surface area contributed by atoms with Crippen LogP contribution in [-0.4, -0.2) is 24.1 Å². The summed E-state index contributed by atoms with van der Waals surface area (Å²) in [6.07, 6.45) is 9.95. The number of rotatable bonds is 8. The molecule has 0 bridgehead atoms. The Labute approximate surface area is 93.4 Å². The average molecular weight is 215 g/mol. The van der Waals surface area contributed by atoms with E-state index >= 15 is 0 Å². The van der Waals surface area contributed by atoms with E-state index in [1.165, 1.54) is 63.8 Å². The van der Waals surface area contributed by atoms with Gasteiger partial charge >= 0.3 is 0 Å². The molecule has 0 aromatic heterocycles. The molecule has 1 nitrogen and oxygen atoms in total. The van der Waals surface area contributed by atoms with Gasteiger partial charge in [-0.25, -0.2) is 0 Å². The second-order valence-corrected chi connectivity index (χ2v) is 5.64. The molecule has 1 saturated carbocycles. The van der Waals surface area contributed by atoms with Gasteiger partial charge in [0.1, 0.15) is 0 Å². The Balaban J connectivity index is 1.75. The predicted octanol–water partition coefficient (Wildman–Crippen LogP) is 3.44. The van der Waals surface area contributed by atoms with Gasteiger partial charge in [-0.3, -0.25) is 0 Å². The maximum absolute atomic E-state index is 3.52. The lowest BCUT2D eigenvalue weighted by molar-refractivity contribution is 0.635. The van der Waals surface area contributed by atoms with Gasteiger partial charge in [0.05, 0.1) is 0 Å². The molecule has 0 aromatic rings. The van der Waals surface area contributed by atoms with Crippen LogP contribution in [0.3, 0.4) is 0 Å². The maximum atomic E-state index is 3.52. The van der Waals surface area contributed by atoms with Crippen molar-refractivity contribution in [2.45, 2.75) is 57.1 Å². The molecule has 84 valence electrons. The molecule has 14 heavy (non-hydrogen) atoms. The van der Waals surface area contributed by atoms with Crippen LogP contribution in [-0.2, 0) is 0 Å². The van der Waals surface area contributed by atoms with Crippen LogP contribution in [0.25, 0.3) is 0 Å². The highest BCUT2D eigenvalue weighted by molar-refractivity contribution is 7.99. The van der Waals surface area contributed by atoms with Crippen molar-refractivity contribution >= 4 is 11.8 Å². The van der Waals surface area contributed by atoms with Crippen molar-refractivity contribution in [1.29, 1.82) is 0 Å². The molecular formula is C12H25NS. The van der Waals surface area contributed by atoms with E-state index in [1.807, 2.05) is 0 Å². The monoisotopic (exact) mass is 215 g/mol. The third kappa shape index (κ3) is 5.92. The number of nitrogens with one attached hydrogen (secondary N) is 1. The first-order valence-corrected chi connectivity index (χ1v) is 7.30. The molecule has 1 N–H and O–H groups in total. The Morgan fingerprint density at radius 3 is 2.64 bits per heavy atom. The summed E-state index contributed by atoms with van der Waals surface area (Å²) in [4.78, 5) is 0. The number of thioether (sulfide) groups is 1. The molecule has 1 rings (SSSR count). The summed E-state index contributed by atoms with van der Waals surface area (Å²) in [6, 6.07) is 0. The number of hydrogen-bond donors (Lipinski definition) is 1. The van der Waals surface area contributed by atoms with Crippen LogP contribution in [0.2, 0.25) is 0 Å². The average Bonchev–Trinajstić information content (AvgIpc) is 2.69. The van der Waals surface area contributed by atoms with E-state index in [4.69, 9.17) is 0 Å². The van der Waals surface area contributed by atoms with Crippen LogP contribution >= 0.6 is 11.8 Å². The minimum absolute atomic E-state index is 0.993. The molecule has 0 atom stereocenters. The van der Waals surface area contributed by atoms with Gasteiger partial charge in [-0.15, -0.1) is 0 Å². The van der Waals surface area contributed by atoms with Gasteiger partial charge in [-0.1, -0.05) is 32.6 Å². The third-order valence-corrected chi connectivity index (χ3v) is 4.27. The molecule has 0 heterocycles. The smallest absolute Gasteiger partial charge is 0.00608 e. The molecule has 1 aliphatic carbocycles. The largest absolute Gasteiger partial charge is 0.316 e. The molecule has 1 aliphatic rings. The lowest BCUT2D eigenvalue weighted by Gasteiger charge is -2.08. The van der Waals surface area contributed by atoms with E-state index in [-0.39, 0.29) is 0 Å². The molecule has 0 unspecified atom stereocenters. The van der Waals surface area contributed by atoms with Crippen LogP contribution in [0.4, 0.5) is 0 Å². The zero-order valence-electron chi connectivity index (χ0n) is 9.56. The molecule has 0 aliphatic heterocycles. The van der Waals surface area contributed by atoms with Crippen LogP contribution in [0.15, 0.2) is 0 Å². The zero-order valence-corrected chi connectivity index (χ0v) is 10.4. The summed E-state index contributed by atoms with van der Waals surface area (Å²) in [6.45, 7) is 4.69. The van der Waals surface area contributed by atoms with Crippen molar-refractivity contribution in [3.63, 3.8) is 0 Å². The quantitative estimate of drug-likeness (QED) is 0.623. The fourth-order valence-electron chi connectivity index (χ4n) is 1.98. The first-order chi connectivity index (χ1) is 6.93. The minimum Gasteiger partial charge on any atom is -0.316 e.